The highest BCUT2D eigenvalue weighted by Gasteiger charge is 2.17. The summed E-state index contributed by atoms with van der Waals surface area (Å²) in [7, 11) is 0. The largest absolute Gasteiger partial charge is 0.480 e. The minimum Gasteiger partial charge on any atom is -0.480 e. The van der Waals surface area contributed by atoms with Gasteiger partial charge in [0.15, 0.2) is 11.0 Å². The number of aryl methyl sites for hydroxylation is 1. The van der Waals surface area contributed by atoms with Gasteiger partial charge in [-0.3, -0.25) is 5.10 Å². The normalized spacial score (nSPS) is 12.8. The van der Waals surface area contributed by atoms with Gasteiger partial charge >= 0.3 is 5.97 Å². The highest BCUT2D eigenvalue weighted by atomic mass is 35.5. The molecule has 0 radical (unpaired) electrons. The van der Waals surface area contributed by atoms with E-state index in [0.717, 1.165) is 18.5 Å². The summed E-state index contributed by atoms with van der Waals surface area (Å²) in [5.74, 6) is -0.693. The molecule has 108 valence electrons. The summed E-state index contributed by atoms with van der Waals surface area (Å²) in [5.41, 5.74) is 2.07. The monoisotopic (exact) mass is 298 g/mol. The highest BCUT2D eigenvalue weighted by molar-refractivity contribution is 6.33. The van der Waals surface area contributed by atoms with E-state index in [1.54, 1.807) is 6.92 Å². The number of ether oxygens (including phenoxy) is 1. The van der Waals surface area contributed by atoms with E-state index >= 15 is 0 Å². The van der Waals surface area contributed by atoms with Gasteiger partial charge in [0.05, 0.1) is 5.69 Å². The van der Waals surface area contributed by atoms with E-state index in [2.05, 4.69) is 20.2 Å². The average Bonchev–Trinajstić information content (AvgIpc) is 2.80. The number of hydrogen-bond acceptors (Lipinski definition) is 5. The number of aromatic amines is 1. The van der Waals surface area contributed by atoms with E-state index < -0.39 is 18.7 Å². The van der Waals surface area contributed by atoms with Crippen LogP contribution in [0.3, 0.4) is 0 Å². The number of aromatic nitrogens is 4. The molecule has 2 N–H and O–H groups in total. The van der Waals surface area contributed by atoms with Gasteiger partial charge in [0.25, 0.3) is 0 Å². The molecule has 0 saturated carbocycles. The number of fused-ring (bicyclic) bond motifs is 1. The minimum atomic E-state index is -1.04. The number of nitrogens with zero attached hydrogens (tertiary/aromatic N) is 3. The topological polar surface area (TPSA) is 101 Å². The second-order valence-corrected chi connectivity index (χ2v) is 4.72. The van der Waals surface area contributed by atoms with Crippen LogP contribution < -0.4 is 0 Å². The van der Waals surface area contributed by atoms with Crippen LogP contribution in [0.25, 0.3) is 11.0 Å². The molecule has 20 heavy (non-hydrogen) atoms. The highest BCUT2D eigenvalue weighted by Crippen LogP contribution is 2.24. The van der Waals surface area contributed by atoms with Crippen LogP contribution in [-0.2, 0) is 16.0 Å². The van der Waals surface area contributed by atoms with Gasteiger partial charge in [-0.2, -0.15) is 5.10 Å². The molecule has 0 aliphatic rings. The van der Waals surface area contributed by atoms with Crippen molar-refractivity contribution < 1.29 is 14.6 Å². The average molecular weight is 299 g/mol. The van der Waals surface area contributed by atoms with E-state index in [9.17, 15) is 4.79 Å². The van der Waals surface area contributed by atoms with Gasteiger partial charge in [-0.25, -0.2) is 14.8 Å². The van der Waals surface area contributed by atoms with Crippen LogP contribution in [0.5, 0.6) is 0 Å². The number of halogens is 1. The molecule has 1 unspecified atom stereocenters. The Morgan fingerprint density at radius 1 is 1.50 bits per heavy atom. The van der Waals surface area contributed by atoms with E-state index in [0.29, 0.717) is 16.9 Å². The summed E-state index contributed by atoms with van der Waals surface area (Å²) in [6.45, 7) is 3.32. The second kappa shape index (κ2) is 6.15. The molecule has 2 aromatic heterocycles. The number of carboxylic acids is 1. The fraction of sp³-hybridized carbons (Fsp3) is 0.500. The molecule has 0 amide bonds. The van der Waals surface area contributed by atoms with Gasteiger partial charge < -0.3 is 9.84 Å². The van der Waals surface area contributed by atoms with Gasteiger partial charge in [0.2, 0.25) is 0 Å². The number of rotatable bonds is 6. The van der Waals surface area contributed by atoms with E-state index in [-0.39, 0.29) is 5.15 Å². The molecule has 0 saturated heterocycles. The van der Waals surface area contributed by atoms with Crippen LogP contribution in [0.2, 0.25) is 5.15 Å². The Labute approximate surface area is 120 Å². The molecule has 2 rings (SSSR count). The lowest BCUT2D eigenvalue weighted by Crippen LogP contribution is -2.12. The predicted molar refractivity (Wildman–Crippen MR) is 72.7 cm³/mol. The lowest BCUT2D eigenvalue weighted by Gasteiger charge is -2.10. The maximum absolute atomic E-state index is 10.5. The molecule has 0 bridgehead atoms. The van der Waals surface area contributed by atoms with Crippen molar-refractivity contribution in [2.75, 3.05) is 6.61 Å². The predicted octanol–water partition coefficient (Wildman–Crippen LogP) is 2.12. The van der Waals surface area contributed by atoms with Crippen LogP contribution in [0.1, 0.15) is 37.9 Å². The summed E-state index contributed by atoms with van der Waals surface area (Å²) < 4.78 is 5.16. The van der Waals surface area contributed by atoms with Crippen molar-refractivity contribution in [1.29, 1.82) is 0 Å². The molecule has 1 atom stereocenters. The summed E-state index contributed by atoms with van der Waals surface area (Å²) in [6, 6.07) is 0. The lowest BCUT2D eigenvalue weighted by atomic mass is 10.2. The third kappa shape index (κ3) is 3.05. The van der Waals surface area contributed by atoms with Crippen LogP contribution in [0.15, 0.2) is 0 Å². The van der Waals surface area contributed by atoms with Gasteiger partial charge in [-0.15, -0.1) is 0 Å². The van der Waals surface area contributed by atoms with Crippen molar-refractivity contribution in [1.82, 2.24) is 20.2 Å². The SMILES string of the molecule is CCCc1n[nH]c2c(Cl)nc(C(C)OCC(=O)O)nc12. The van der Waals surface area contributed by atoms with Crippen LogP contribution in [0.4, 0.5) is 0 Å². The number of carboxylic acid groups (broad SMARTS) is 1. The van der Waals surface area contributed by atoms with E-state index in [1.165, 1.54) is 0 Å². The molecule has 2 heterocycles. The Kier molecular flexibility index (Phi) is 4.51. The fourth-order valence-corrected chi connectivity index (χ4v) is 2.02. The quantitative estimate of drug-likeness (QED) is 0.792. The molecule has 0 fully saturated rings. The minimum absolute atomic E-state index is 0.255. The number of H-pyrrole nitrogens is 1. The van der Waals surface area contributed by atoms with Crippen molar-refractivity contribution in [3.8, 4) is 0 Å². The summed E-state index contributed by atoms with van der Waals surface area (Å²) in [4.78, 5) is 19.0. The molecule has 2 aromatic rings. The smallest absolute Gasteiger partial charge is 0.329 e. The van der Waals surface area contributed by atoms with Crippen LogP contribution in [-0.4, -0.2) is 37.8 Å². The van der Waals surface area contributed by atoms with Gasteiger partial charge in [-0.1, -0.05) is 24.9 Å². The molecule has 7 nitrogen and oxygen atoms in total. The number of nitrogens with one attached hydrogen (secondary N) is 1. The van der Waals surface area contributed by atoms with Crippen molar-refractivity contribution in [3.05, 3.63) is 16.7 Å². The maximum Gasteiger partial charge on any atom is 0.329 e. The van der Waals surface area contributed by atoms with Crippen LogP contribution >= 0.6 is 11.6 Å². The first-order chi connectivity index (χ1) is 9.52. The molecule has 8 heteroatoms. The van der Waals surface area contributed by atoms with E-state index in [4.69, 9.17) is 21.4 Å². The fourth-order valence-electron chi connectivity index (χ4n) is 1.80. The first-order valence-corrected chi connectivity index (χ1v) is 6.64. The van der Waals surface area contributed by atoms with Crippen molar-refractivity contribution in [3.63, 3.8) is 0 Å². The van der Waals surface area contributed by atoms with Gasteiger partial charge in [0.1, 0.15) is 23.7 Å². The summed E-state index contributed by atoms with van der Waals surface area (Å²) >= 11 is 6.09. The number of carbonyl (C=O) groups is 1. The Morgan fingerprint density at radius 2 is 2.25 bits per heavy atom. The third-order valence-electron chi connectivity index (χ3n) is 2.77. The Morgan fingerprint density at radius 3 is 2.90 bits per heavy atom. The second-order valence-electron chi connectivity index (χ2n) is 4.36. The van der Waals surface area contributed by atoms with Crippen molar-refractivity contribution in [2.24, 2.45) is 0 Å². The number of aliphatic carboxylic acids is 1. The van der Waals surface area contributed by atoms with Gasteiger partial charge in [0, 0.05) is 0 Å². The van der Waals surface area contributed by atoms with Crippen molar-refractivity contribution in [2.45, 2.75) is 32.8 Å². The zero-order valence-corrected chi connectivity index (χ0v) is 11.9. The molecule has 0 aliphatic carbocycles. The molecule has 0 aliphatic heterocycles. The molecular formula is C12H15ClN4O3. The van der Waals surface area contributed by atoms with Crippen molar-refractivity contribution >= 4 is 28.6 Å². The maximum atomic E-state index is 10.5. The summed E-state index contributed by atoms with van der Waals surface area (Å²) in [6.07, 6.45) is 1.15. The zero-order chi connectivity index (χ0) is 14.7. The Balaban J connectivity index is 2.34. The standard InChI is InChI=1S/C12H15ClN4O3/c1-3-4-7-9-10(17-16-7)11(13)15-12(14-9)6(2)20-5-8(18)19/h6H,3-5H2,1-2H3,(H,16,17)(H,18,19). The first kappa shape index (κ1) is 14.7. The summed E-state index contributed by atoms with van der Waals surface area (Å²) in [5, 5.41) is 15.9. The van der Waals surface area contributed by atoms with Crippen LogP contribution in [0, 0.1) is 0 Å². The van der Waals surface area contributed by atoms with Gasteiger partial charge in [-0.05, 0) is 13.3 Å². The zero-order valence-electron chi connectivity index (χ0n) is 11.2. The Bertz CT molecular complexity index is 628. The number of hydrogen-bond donors (Lipinski definition) is 2. The molecule has 0 aromatic carbocycles. The Hall–Kier alpha value is -1.73. The molecular weight excluding hydrogens is 284 g/mol. The first-order valence-electron chi connectivity index (χ1n) is 6.26. The molecule has 0 spiro atoms. The van der Waals surface area contributed by atoms with E-state index in [1.807, 2.05) is 6.92 Å². The lowest BCUT2D eigenvalue weighted by molar-refractivity contribution is -0.144. The third-order valence-corrected chi connectivity index (χ3v) is 3.04.